The Labute approximate surface area is 95.8 Å². The van der Waals surface area contributed by atoms with Crippen molar-refractivity contribution in [3.63, 3.8) is 0 Å². The molecule has 3 atom stereocenters. The van der Waals surface area contributed by atoms with Crippen LogP contribution in [0.4, 0.5) is 13.2 Å². The molecular formula is C12H10F3NO. The van der Waals surface area contributed by atoms with E-state index in [1.165, 1.54) is 0 Å². The van der Waals surface area contributed by atoms with Gasteiger partial charge in [0.05, 0.1) is 0 Å². The Morgan fingerprint density at radius 3 is 2.29 bits per heavy atom. The molecule has 1 aromatic carbocycles. The standard InChI is InChI=1S/C12H10F3NO/c13-9-4-11(15)10(14)3-7(9)6-1-5-2-8(6)12(17)16-5/h3-6,8H,1-2H2,(H,16,17)/t5-,6+,8-/m0/s1. The van der Waals surface area contributed by atoms with Crippen LogP contribution in [0, 0.1) is 23.4 Å². The monoisotopic (exact) mass is 241 g/mol. The predicted octanol–water partition coefficient (Wildman–Crippen LogP) is 2.10. The molecular weight excluding hydrogens is 231 g/mol. The summed E-state index contributed by atoms with van der Waals surface area (Å²) in [6.45, 7) is 0. The zero-order chi connectivity index (χ0) is 12.2. The number of amides is 1. The summed E-state index contributed by atoms with van der Waals surface area (Å²) in [6, 6.07) is 1.47. The molecule has 2 fully saturated rings. The third-order valence-corrected chi connectivity index (χ3v) is 3.68. The van der Waals surface area contributed by atoms with Crippen molar-refractivity contribution >= 4 is 5.91 Å². The molecule has 2 nitrogen and oxygen atoms in total. The molecule has 90 valence electrons. The summed E-state index contributed by atoms with van der Waals surface area (Å²) in [4.78, 5) is 11.5. The maximum atomic E-state index is 13.6. The minimum absolute atomic E-state index is 0.0463. The summed E-state index contributed by atoms with van der Waals surface area (Å²) >= 11 is 0. The normalized spacial score (nSPS) is 30.8. The van der Waals surface area contributed by atoms with Crippen LogP contribution >= 0.6 is 0 Å². The van der Waals surface area contributed by atoms with Crippen molar-refractivity contribution in [1.82, 2.24) is 5.32 Å². The number of hydrogen-bond donors (Lipinski definition) is 1. The molecule has 0 aromatic heterocycles. The zero-order valence-corrected chi connectivity index (χ0v) is 8.84. The summed E-state index contributed by atoms with van der Waals surface area (Å²) < 4.78 is 39.5. The van der Waals surface area contributed by atoms with Gasteiger partial charge in [-0.05, 0) is 24.5 Å². The summed E-state index contributed by atoms with van der Waals surface area (Å²) in [5.74, 6) is -3.78. The first-order valence-electron chi connectivity index (χ1n) is 5.51. The lowest BCUT2D eigenvalue weighted by Crippen LogP contribution is -2.34. The minimum atomic E-state index is -1.20. The number of halogens is 3. The highest BCUT2D eigenvalue weighted by Gasteiger charge is 2.46. The van der Waals surface area contributed by atoms with E-state index in [9.17, 15) is 18.0 Å². The van der Waals surface area contributed by atoms with E-state index in [1.54, 1.807) is 0 Å². The maximum Gasteiger partial charge on any atom is 0.224 e. The lowest BCUT2D eigenvalue weighted by molar-refractivity contribution is -0.124. The largest absolute Gasteiger partial charge is 0.353 e. The van der Waals surface area contributed by atoms with Gasteiger partial charge < -0.3 is 5.32 Å². The van der Waals surface area contributed by atoms with Crippen molar-refractivity contribution in [2.45, 2.75) is 24.8 Å². The summed E-state index contributed by atoms with van der Waals surface area (Å²) in [7, 11) is 0. The van der Waals surface area contributed by atoms with Crippen LogP contribution in [0.5, 0.6) is 0 Å². The van der Waals surface area contributed by atoms with Gasteiger partial charge in [-0.25, -0.2) is 13.2 Å². The average molecular weight is 241 g/mol. The topological polar surface area (TPSA) is 29.1 Å². The highest BCUT2D eigenvalue weighted by atomic mass is 19.2. The van der Waals surface area contributed by atoms with Gasteiger partial charge in [-0.2, -0.15) is 0 Å². The van der Waals surface area contributed by atoms with Crippen LogP contribution in [-0.2, 0) is 4.79 Å². The van der Waals surface area contributed by atoms with Gasteiger partial charge in [0, 0.05) is 23.9 Å². The predicted molar refractivity (Wildman–Crippen MR) is 53.7 cm³/mol. The molecule has 1 saturated carbocycles. The zero-order valence-electron chi connectivity index (χ0n) is 8.84. The molecule has 0 radical (unpaired) electrons. The number of fused-ring (bicyclic) bond motifs is 2. The molecule has 2 aliphatic rings. The molecule has 1 saturated heterocycles. The van der Waals surface area contributed by atoms with Crippen molar-refractivity contribution in [3.05, 3.63) is 35.1 Å². The summed E-state index contributed by atoms with van der Waals surface area (Å²) in [5.41, 5.74) is 0.117. The summed E-state index contributed by atoms with van der Waals surface area (Å²) in [5, 5.41) is 2.77. The molecule has 0 spiro atoms. The number of piperidine rings is 1. The molecule has 1 aromatic rings. The molecule has 1 amide bonds. The van der Waals surface area contributed by atoms with Gasteiger partial charge >= 0.3 is 0 Å². The van der Waals surface area contributed by atoms with Crippen LogP contribution in [0.1, 0.15) is 24.3 Å². The Balaban J connectivity index is 2.00. The van der Waals surface area contributed by atoms with Crippen molar-refractivity contribution in [2.75, 3.05) is 0 Å². The molecule has 5 heteroatoms. The van der Waals surface area contributed by atoms with Crippen molar-refractivity contribution in [2.24, 2.45) is 5.92 Å². The lowest BCUT2D eigenvalue weighted by Gasteiger charge is -2.22. The Morgan fingerprint density at radius 1 is 1.00 bits per heavy atom. The Kier molecular flexibility index (Phi) is 2.18. The van der Waals surface area contributed by atoms with E-state index in [-0.39, 0.29) is 29.3 Å². The smallest absolute Gasteiger partial charge is 0.224 e. The number of carbonyl (C=O) groups is 1. The fourth-order valence-corrected chi connectivity index (χ4v) is 2.92. The van der Waals surface area contributed by atoms with Crippen LogP contribution in [0.2, 0.25) is 0 Å². The van der Waals surface area contributed by atoms with E-state index in [0.29, 0.717) is 18.9 Å². The van der Waals surface area contributed by atoms with Crippen molar-refractivity contribution < 1.29 is 18.0 Å². The molecule has 2 bridgehead atoms. The van der Waals surface area contributed by atoms with Crippen molar-refractivity contribution in [3.8, 4) is 0 Å². The average Bonchev–Trinajstić information content (AvgIpc) is 2.81. The van der Waals surface area contributed by atoms with Crippen LogP contribution in [-0.4, -0.2) is 11.9 Å². The van der Waals surface area contributed by atoms with E-state index in [0.717, 1.165) is 6.07 Å². The first-order valence-corrected chi connectivity index (χ1v) is 5.51. The van der Waals surface area contributed by atoms with Crippen LogP contribution in [0.3, 0.4) is 0 Å². The highest BCUT2D eigenvalue weighted by Crippen LogP contribution is 2.44. The van der Waals surface area contributed by atoms with Gasteiger partial charge in [0.2, 0.25) is 5.91 Å². The Bertz CT molecular complexity index is 503. The highest BCUT2D eigenvalue weighted by molar-refractivity contribution is 5.83. The molecule has 1 aliphatic heterocycles. The van der Waals surface area contributed by atoms with E-state index < -0.39 is 17.5 Å². The number of carbonyl (C=O) groups excluding carboxylic acids is 1. The van der Waals surface area contributed by atoms with Gasteiger partial charge in [-0.3, -0.25) is 4.79 Å². The van der Waals surface area contributed by atoms with Gasteiger partial charge in [-0.15, -0.1) is 0 Å². The summed E-state index contributed by atoms with van der Waals surface area (Å²) in [6.07, 6.45) is 1.25. The molecule has 0 unspecified atom stereocenters. The fraction of sp³-hybridized carbons (Fsp3) is 0.417. The second kappa shape index (κ2) is 3.48. The van der Waals surface area contributed by atoms with Crippen molar-refractivity contribution in [1.29, 1.82) is 0 Å². The minimum Gasteiger partial charge on any atom is -0.353 e. The number of benzene rings is 1. The Morgan fingerprint density at radius 2 is 1.65 bits per heavy atom. The van der Waals surface area contributed by atoms with Gasteiger partial charge in [0.15, 0.2) is 11.6 Å². The number of hydrogen-bond acceptors (Lipinski definition) is 1. The molecule has 1 heterocycles. The Hall–Kier alpha value is -1.52. The van der Waals surface area contributed by atoms with Gasteiger partial charge in [0.1, 0.15) is 5.82 Å². The van der Waals surface area contributed by atoms with E-state index >= 15 is 0 Å². The van der Waals surface area contributed by atoms with E-state index in [4.69, 9.17) is 0 Å². The third-order valence-electron chi connectivity index (χ3n) is 3.68. The SMILES string of the molecule is O=C1N[C@@H]2C[C@H]1[C@@H](c1cc(F)c(F)cc1F)C2. The number of rotatable bonds is 1. The van der Waals surface area contributed by atoms with E-state index in [1.807, 2.05) is 0 Å². The second-order valence-electron chi connectivity index (χ2n) is 4.68. The first kappa shape index (κ1) is 10.6. The van der Waals surface area contributed by atoms with Crippen LogP contribution in [0.15, 0.2) is 12.1 Å². The van der Waals surface area contributed by atoms with E-state index in [2.05, 4.69) is 5.32 Å². The second-order valence-corrected chi connectivity index (χ2v) is 4.68. The molecule has 1 N–H and O–H groups in total. The molecule has 3 rings (SSSR count). The van der Waals surface area contributed by atoms with Crippen LogP contribution < -0.4 is 5.32 Å². The van der Waals surface area contributed by atoms with Gasteiger partial charge in [0.25, 0.3) is 0 Å². The fourth-order valence-electron chi connectivity index (χ4n) is 2.92. The first-order chi connectivity index (χ1) is 8.06. The quantitative estimate of drug-likeness (QED) is 0.749. The van der Waals surface area contributed by atoms with Gasteiger partial charge in [-0.1, -0.05) is 0 Å². The third kappa shape index (κ3) is 1.52. The molecule has 1 aliphatic carbocycles. The lowest BCUT2D eigenvalue weighted by atomic mass is 9.87. The number of nitrogens with one attached hydrogen (secondary N) is 1. The molecule has 17 heavy (non-hydrogen) atoms. The van der Waals surface area contributed by atoms with Crippen LogP contribution in [0.25, 0.3) is 0 Å². The maximum absolute atomic E-state index is 13.6.